The molecule has 2 aromatic rings. The van der Waals surface area contributed by atoms with Gasteiger partial charge in [-0.2, -0.15) is 0 Å². The molecule has 1 saturated heterocycles. The van der Waals surface area contributed by atoms with Crippen LogP contribution in [0.4, 0.5) is 4.39 Å². The highest BCUT2D eigenvalue weighted by molar-refractivity contribution is 5.80. The minimum absolute atomic E-state index is 0.173. The third kappa shape index (κ3) is 6.06. The molecule has 0 spiro atoms. The standard InChI is InChI=1S/C20H28FN5O/c1-2-22-20(23-9-4-6-17-5-3-7-18(21)15-17)26-12-10-25(11-13-26)16-19-8-14-27-24-19/h3,5,7-8,14-15H,2,4,6,9-13,16H2,1H3,(H,22,23). The summed E-state index contributed by atoms with van der Waals surface area (Å²) in [5, 5.41) is 7.37. The predicted molar refractivity (Wildman–Crippen MR) is 104 cm³/mol. The lowest BCUT2D eigenvalue weighted by atomic mass is 10.1. The number of aromatic nitrogens is 1. The summed E-state index contributed by atoms with van der Waals surface area (Å²) in [5.74, 6) is 0.797. The third-order valence-corrected chi connectivity index (χ3v) is 4.66. The molecule has 0 atom stereocenters. The number of hydrogen-bond acceptors (Lipinski definition) is 4. The van der Waals surface area contributed by atoms with Crippen LogP contribution in [0.5, 0.6) is 0 Å². The zero-order valence-electron chi connectivity index (χ0n) is 15.9. The highest BCUT2D eigenvalue weighted by Gasteiger charge is 2.20. The normalized spacial score (nSPS) is 15.9. The number of nitrogens with zero attached hydrogens (tertiary/aromatic N) is 4. The SMILES string of the molecule is CCNC(=NCCCc1cccc(F)c1)N1CCN(Cc2ccon2)CC1. The molecule has 7 heteroatoms. The van der Waals surface area contributed by atoms with Gasteiger partial charge in [-0.3, -0.25) is 9.89 Å². The highest BCUT2D eigenvalue weighted by Crippen LogP contribution is 2.09. The molecular formula is C20H28FN5O. The molecule has 1 aliphatic rings. The number of aliphatic imine (C=N–C) groups is 1. The van der Waals surface area contributed by atoms with E-state index in [-0.39, 0.29) is 5.82 Å². The van der Waals surface area contributed by atoms with Gasteiger partial charge in [0.15, 0.2) is 5.96 Å². The number of halogens is 1. The number of guanidine groups is 1. The van der Waals surface area contributed by atoms with Crippen molar-refractivity contribution in [2.75, 3.05) is 39.3 Å². The lowest BCUT2D eigenvalue weighted by molar-refractivity contribution is 0.169. The highest BCUT2D eigenvalue weighted by atomic mass is 19.1. The van der Waals surface area contributed by atoms with Crippen molar-refractivity contribution in [3.63, 3.8) is 0 Å². The number of hydrogen-bond donors (Lipinski definition) is 1. The molecule has 0 radical (unpaired) electrons. The van der Waals surface area contributed by atoms with Gasteiger partial charge in [0.1, 0.15) is 12.1 Å². The smallest absolute Gasteiger partial charge is 0.194 e. The summed E-state index contributed by atoms with van der Waals surface area (Å²) in [4.78, 5) is 9.45. The molecule has 27 heavy (non-hydrogen) atoms. The Balaban J connectivity index is 1.46. The largest absolute Gasteiger partial charge is 0.364 e. The summed E-state index contributed by atoms with van der Waals surface area (Å²) < 4.78 is 18.1. The van der Waals surface area contributed by atoms with Crippen molar-refractivity contribution in [2.45, 2.75) is 26.3 Å². The zero-order chi connectivity index (χ0) is 18.9. The molecule has 146 valence electrons. The van der Waals surface area contributed by atoms with Crippen molar-refractivity contribution in [2.24, 2.45) is 4.99 Å². The molecule has 1 aliphatic heterocycles. The average molecular weight is 373 g/mol. The van der Waals surface area contributed by atoms with Gasteiger partial charge < -0.3 is 14.7 Å². The third-order valence-electron chi connectivity index (χ3n) is 4.66. The lowest BCUT2D eigenvalue weighted by Crippen LogP contribution is -2.52. The second-order valence-corrected chi connectivity index (χ2v) is 6.72. The van der Waals surface area contributed by atoms with E-state index in [0.717, 1.165) is 75.9 Å². The Morgan fingerprint density at radius 1 is 1.26 bits per heavy atom. The maximum absolute atomic E-state index is 13.2. The molecule has 0 aliphatic carbocycles. The Morgan fingerprint density at radius 3 is 2.81 bits per heavy atom. The van der Waals surface area contributed by atoms with Crippen LogP contribution in [-0.4, -0.2) is 60.2 Å². The molecule has 0 bridgehead atoms. The van der Waals surface area contributed by atoms with Crippen LogP contribution < -0.4 is 5.32 Å². The number of piperazine rings is 1. The van der Waals surface area contributed by atoms with Gasteiger partial charge in [-0.05, 0) is 37.5 Å². The lowest BCUT2D eigenvalue weighted by Gasteiger charge is -2.36. The van der Waals surface area contributed by atoms with Gasteiger partial charge in [-0.1, -0.05) is 17.3 Å². The molecule has 3 rings (SSSR count). The topological polar surface area (TPSA) is 56.9 Å². The summed E-state index contributed by atoms with van der Waals surface area (Å²) in [6.45, 7) is 8.32. The van der Waals surface area contributed by atoms with Crippen molar-refractivity contribution in [1.29, 1.82) is 0 Å². The second kappa shape index (κ2) is 10.1. The minimum atomic E-state index is -0.173. The van der Waals surface area contributed by atoms with Crippen molar-refractivity contribution < 1.29 is 8.91 Å². The molecule has 1 aromatic carbocycles. The van der Waals surface area contributed by atoms with Gasteiger partial charge in [0.25, 0.3) is 0 Å². The first-order valence-corrected chi connectivity index (χ1v) is 9.64. The summed E-state index contributed by atoms with van der Waals surface area (Å²) in [6, 6.07) is 8.72. The Labute approximate surface area is 160 Å². The van der Waals surface area contributed by atoms with E-state index in [1.807, 2.05) is 12.1 Å². The predicted octanol–water partition coefficient (Wildman–Crippen LogP) is 2.53. The average Bonchev–Trinajstić information content (AvgIpc) is 3.18. The molecule has 0 unspecified atom stereocenters. The molecule has 0 saturated carbocycles. The first-order chi connectivity index (χ1) is 13.2. The Morgan fingerprint density at radius 2 is 2.11 bits per heavy atom. The number of nitrogens with one attached hydrogen (secondary N) is 1. The van der Waals surface area contributed by atoms with Crippen LogP contribution in [-0.2, 0) is 13.0 Å². The molecular weight excluding hydrogens is 345 g/mol. The van der Waals surface area contributed by atoms with Crippen LogP contribution in [0.2, 0.25) is 0 Å². The Hall–Kier alpha value is -2.41. The van der Waals surface area contributed by atoms with Crippen molar-refractivity contribution in [3.05, 3.63) is 53.7 Å². The molecule has 1 aromatic heterocycles. The summed E-state index contributed by atoms with van der Waals surface area (Å²) in [5.41, 5.74) is 2.00. The van der Waals surface area contributed by atoms with E-state index in [4.69, 9.17) is 9.52 Å². The maximum atomic E-state index is 13.2. The van der Waals surface area contributed by atoms with Crippen LogP contribution in [0.15, 0.2) is 46.1 Å². The summed E-state index contributed by atoms with van der Waals surface area (Å²) >= 11 is 0. The van der Waals surface area contributed by atoms with Gasteiger partial charge in [0, 0.05) is 51.9 Å². The molecule has 1 N–H and O–H groups in total. The fourth-order valence-electron chi connectivity index (χ4n) is 3.25. The first kappa shape index (κ1) is 19.4. The van der Waals surface area contributed by atoms with E-state index in [0.29, 0.717) is 0 Å². The van der Waals surface area contributed by atoms with E-state index in [9.17, 15) is 4.39 Å². The number of rotatable bonds is 7. The molecule has 2 heterocycles. The van der Waals surface area contributed by atoms with Gasteiger partial charge in [0.2, 0.25) is 0 Å². The summed E-state index contributed by atoms with van der Waals surface area (Å²) in [6.07, 6.45) is 3.36. The maximum Gasteiger partial charge on any atom is 0.194 e. The van der Waals surface area contributed by atoms with E-state index < -0.39 is 0 Å². The quantitative estimate of drug-likeness (QED) is 0.459. The fraction of sp³-hybridized carbons (Fsp3) is 0.500. The van der Waals surface area contributed by atoms with Crippen LogP contribution in [0.1, 0.15) is 24.6 Å². The minimum Gasteiger partial charge on any atom is -0.364 e. The van der Waals surface area contributed by atoms with E-state index in [1.165, 1.54) is 6.07 Å². The first-order valence-electron chi connectivity index (χ1n) is 9.64. The van der Waals surface area contributed by atoms with Crippen molar-refractivity contribution in [1.82, 2.24) is 20.3 Å². The second-order valence-electron chi connectivity index (χ2n) is 6.72. The Kier molecular flexibility index (Phi) is 7.21. The van der Waals surface area contributed by atoms with Gasteiger partial charge in [-0.25, -0.2) is 4.39 Å². The van der Waals surface area contributed by atoms with Gasteiger partial charge in [0.05, 0.1) is 5.69 Å². The van der Waals surface area contributed by atoms with Crippen molar-refractivity contribution in [3.8, 4) is 0 Å². The monoisotopic (exact) mass is 373 g/mol. The van der Waals surface area contributed by atoms with E-state index >= 15 is 0 Å². The number of aryl methyl sites for hydroxylation is 1. The molecule has 0 amide bonds. The number of benzene rings is 1. The van der Waals surface area contributed by atoms with Gasteiger partial charge >= 0.3 is 0 Å². The van der Waals surface area contributed by atoms with Crippen LogP contribution in [0, 0.1) is 5.82 Å². The molecule has 1 fully saturated rings. The zero-order valence-corrected chi connectivity index (χ0v) is 15.9. The molecule has 6 nitrogen and oxygen atoms in total. The van der Waals surface area contributed by atoms with Crippen LogP contribution >= 0.6 is 0 Å². The Bertz CT molecular complexity index is 711. The van der Waals surface area contributed by atoms with Gasteiger partial charge in [-0.15, -0.1) is 0 Å². The van der Waals surface area contributed by atoms with Crippen LogP contribution in [0.25, 0.3) is 0 Å². The van der Waals surface area contributed by atoms with E-state index in [1.54, 1.807) is 18.4 Å². The summed E-state index contributed by atoms with van der Waals surface area (Å²) in [7, 11) is 0. The van der Waals surface area contributed by atoms with E-state index in [2.05, 4.69) is 27.2 Å². The van der Waals surface area contributed by atoms with Crippen molar-refractivity contribution >= 4 is 5.96 Å². The fourth-order valence-corrected chi connectivity index (χ4v) is 3.25. The van der Waals surface area contributed by atoms with Crippen LogP contribution in [0.3, 0.4) is 0 Å².